The van der Waals surface area contributed by atoms with Crippen LogP contribution in [-0.4, -0.2) is 40.6 Å². The van der Waals surface area contributed by atoms with E-state index in [1.165, 1.54) is 0 Å². The Morgan fingerprint density at radius 2 is 1.85 bits per heavy atom. The fraction of sp³-hybridized carbons (Fsp3) is 0.400. The van der Waals surface area contributed by atoms with Crippen molar-refractivity contribution in [2.24, 2.45) is 0 Å². The van der Waals surface area contributed by atoms with Crippen LogP contribution in [0.1, 0.15) is 23.1 Å². The highest BCUT2D eigenvalue weighted by Crippen LogP contribution is 2.36. The molecule has 0 spiro atoms. The Morgan fingerprint density at radius 1 is 1.15 bits per heavy atom. The van der Waals surface area contributed by atoms with Gasteiger partial charge in [0.2, 0.25) is 10.0 Å². The molecule has 0 bridgehead atoms. The van der Waals surface area contributed by atoms with Crippen LogP contribution < -0.4 is 9.46 Å². The summed E-state index contributed by atoms with van der Waals surface area (Å²) in [7, 11) is 2.26. The number of likely N-dealkylation sites (N-methyl/N-ethyl adjacent to an activating group) is 1. The topological polar surface area (TPSA) is 58.6 Å². The van der Waals surface area contributed by atoms with Crippen molar-refractivity contribution in [1.29, 1.82) is 0 Å². The van der Waals surface area contributed by atoms with Gasteiger partial charge in [0.25, 0.3) is 0 Å². The van der Waals surface area contributed by atoms with Crippen LogP contribution in [-0.2, 0) is 28.6 Å². The SMILES string of the molecule is COc1ccc(NS(=O)(=O)Cc2ccc(Cl)cc2)c2c1C[C@@H](N(C)C)CC2. The highest BCUT2D eigenvalue weighted by atomic mass is 35.5. The molecule has 0 unspecified atom stereocenters. The van der Waals surface area contributed by atoms with E-state index >= 15 is 0 Å². The minimum absolute atomic E-state index is 0.0920. The van der Waals surface area contributed by atoms with Gasteiger partial charge < -0.3 is 9.64 Å². The number of benzene rings is 2. The molecule has 0 radical (unpaired) electrons. The van der Waals surface area contributed by atoms with E-state index in [9.17, 15) is 8.42 Å². The van der Waals surface area contributed by atoms with Crippen molar-refractivity contribution < 1.29 is 13.2 Å². The quantitative estimate of drug-likeness (QED) is 0.791. The van der Waals surface area contributed by atoms with Crippen molar-refractivity contribution in [1.82, 2.24) is 4.90 Å². The van der Waals surface area contributed by atoms with E-state index in [-0.39, 0.29) is 5.75 Å². The summed E-state index contributed by atoms with van der Waals surface area (Å²) in [4.78, 5) is 2.21. The molecule has 2 aromatic rings. The Labute approximate surface area is 166 Å². The van der Waals surface area contributed by atoms with Crippen LogP contribution in [0, 0.1) is 0 Å². The van der Waals surface area contributed by atoms with Gasteiger partial charge in [0.15, 0.2) is 0 Å². The molecular weight excluding hydrogens is 384 g/mol. The van der Waals surface area contributed by atoms with E-state index in [0.717, 1.165) is 36.1 Å². The first kappa shape index (κ1) is 20.0. The number of anilines is 1. The Hall–Kier alpha value is -1.76. The van der Waals surface area contributed by atoms with Crippen LogP contribution >= 0.6 is 11.6 Å². The minimum atomic E-state index is -3.53. The lowest BCUT2D eigenvalue weighted by atomic mass is 9.86. The molecule has 7 heteroatoms. The maximum Gasteiger partial charge on any atom is 0.236 e. The van der Waals surface area contributed by atoms with E-state index in [0.29, 0.717) is 22.3 Å². The fourth-order valence-electron chi connectivity index (χ4n) is 3.56. The largest absolute Gasteiger partial charge is 0.496 e. The van der Waals surface area contributed by atoms with E-state index in [1.54, 1.807) is 37.4 Å². The number of hydrogen-bond acceptors (Lipinski definition) is 4. The summed E-state index contributed by atoms with van der Waals surface area (Å²) in [6.45, 7) is 0. The van der Waals surface area contributed by atoms with E-state index < -0.39 is 10.0 Å². The monoisotopic (exact) mass is 408 g/mol. The van der Waals surface area contributed by atoms with E-state index in [4.69, 9.17) is 16.3 Å². The van der Waals surface area contributed by atoms with E-state index in [1.807, 2.05) is 6.07 Å². The molecule has 0 amide bonds. The van der Waals surface area contributed by atoms with Gasteiger partial charge in [-0.1, -0.05) is 23.7 Å². The van der Waals surface area contributed by atoms with Crippen molar-refractivity contribution in [2.45, 2.75) is 31.1 Å². The smallest absolute Gasteiger partial charge is 0.236 e. The second kappa shape index (κ2) is 8.09. The Kier molecular flexibility index (Phi) is 5.99. The van der Waals surface area contributed by atoms with Gasteiger partial charge >= 0.3 is 0 Å². The number of fused-ring (bicyclic) bond motifs is 1. The molecular formula is C20H25ClN2O3S. The number of ether oxygens (including phenoxy) is 1. The molecule has 0 saturated carbocycles. The minimum Gasteiger partial charge on any atom is -0.496 e. The zero-order valence-electron chi connectivity index (χ0n) is 15.8. The van der Waals surface area contributed by atoms with Crippen molar-refractivity contribution in [2.75, 3.05) is 25.9 Å². The van der Waals surface area contributed by atoms with Gasteiger partial charge in [-0.2, -0.15) is 0 Å². The van der Waals surface area contributed by atoms with Crippen molar-refractivity contribution in [3.63, 3.8) is 0 Å². The van der Waals surface area contributed by atoms with Gasteiger partial charge in [-0.3, -0.25) is 4.72 Å². The molecule has 27 heavy (non-hydrogen) atoms. The average molecular weight is 409 g/mol. The summed E-state index contributed by atoms with van der Waals surface area (Å²) in [5.41, 5.74) is 3.47. The lowest BCUT2D eigenvalue weighted by molar-refractivity contribution is 0.265. The molecule has 0 fully saturated rings. The number of sulfonamides is 1. The number of rotatable bonds is 6. The van der Waals surface area contributed by atoms with Crippen LogP contribution in [0.5, 0.6) is 5.75 Å². The molecule has 1 atom stereocenters. The van der Waals surface area contributed by atoms with Gasteiger partial charge in [-0.25, -0.2) is 8.42 Å². The Balaban J connectivity index is 1.87. The molecule has 1 N–H and O–H groups in total. The van der Waals surface area contributed by atoms with Gasteiger partial charge in [-0.05, 0) is 68.8 Å². The first-order valence-corrected chi connectivity index (χ1v) is 10.9. The zero-order valence-corrected chi connectivity index (χ0v) is 17.4. The summed E-state index contributed by atoms with van der Waals surface area (Å²) in [6.07, 6.45) is 2.64. The number of nitrogens with one attached hydrogen (secondary N) is 1. The van der Waals surface area contributed by atoms with Crippen LogP contribution in [0.15, 0.2) is 36.4 Å². The zero-order chi connectivity index (χ0) is 19.6. The highest BCUT2D eigenvalue weighted by molar-refractivity contribution is 7.91. The summed E-state index contributed by atoms with van der Waals surface area (Å²) in [5.74, 6) is 0.725. The molecule has 5 nitrogen and oxygen atoms in total. The number of hydrogen-bond donors (Lipinski definition) is 1. The first-order valence-electron chi connectivity index (χ1n) is 8.89. The molecule has 0 aliphatic heterocycles. The molecule has 0 aromatic heterocycles. The summed E-state index contributed by atoms with van der Waals surface area (Å²) in [6, 6.07) is 10.9. The molecule has 1 aliphatic rings. The van der Waals surface area contributed by atoms with Gasteiger partial charge in [-0.15, -0.1) is 0 Å². The summed E-state index contributed by atoms with van der Waals surface area (Å²) < 4.78 is 33.7. The van der Waals surface area contributed by atoms with Crippen LogP contribution in [0.3, 0.4) is 0 Å². The second-order valence-corrected chi connectivity index (χ2v) is 9.28. The summed E-state index contributed by atoms with van der Waals surface area (Å²) in [5, 5.41) is 0.587. The highest BCUT2D eigenvalue weighted by Gasteiger charge is 2.26. The van der Waals surface area contributed by atoms with Crippen molar-refractivity contribution in [3.8, 4) is 5.75 Å². The number of halogens is 1. The van der Waals surface area contributed by atoms with E-state index in [2.05, 4.69) is 23.7 Å². The predicted octanol–water partition coefficient (Wildman–Crippen LogP) is 3.71. The number of nitrogens with zero attached hydrogens (tertiary/aromatic N) is 1. The summed E-state index contributed by atoms with van der Waals surface area (Å²) >= 11 is 5.87. The fourth-order valence-corrected chi connectivity index (χ4v) is 4.92. The van der Waals surface area contributed by atoms with Crippen LogP contribution in [0.2, 0.25) is 5.02 Å². The normalized spacial score (nSPS) is 16.9. The maximum absolute atomic E-state index is 12.7. The van der Waals surface area contributed by atoms with Crippen LogP contribution in [0.25, 0.3) is 0 Å². The van der Waals surface area contributed by atoms with Gasteiger partial charge in [0.1, 0.15) is 5.75 Å². The molecule has 0 saturated heterocycles. The second-order valence-electron chi connectivity index (χ2n) is 7.12. The third kappa shape index (κ3) is 4.75. The van der Waals surface area contributed by atoms with Crippen molar-refractivity contribution >= 4 is 27.3 Å². The van der Waals surface area contributed by atoms with Crippen molar-refractivity contribution in [3.05, 3.63) is 58.1 Å². The molecule has 146 valence electrons. The first-order chi connectivity index (χ1) is 12.8. The molecule has 2 aromatic carbocycles. The molecule has 0 heterocycles. The lowest BCUT2D eigenvalue weighted by Crippen LogP contribution is -2.34. The lowest BCUT2D eigenvalue weighted by Gasteiger charge is -2.32. The molecule has 3 rings (SSSR count). The Bertz CT molecular complexity index is 912. The third-order valence-corrected chi connectivity index (χ3v) is 6.54. The Morgan fingerprint density at radius 3 is 2.48 bits per heavy atom. The maximum atomic E-state index is 12.7. The van der Waals surface area contributed by atoms with Gasteiger partial charge in [0, 0.05) is 16.6 Å². The standard InChI is InChI=1S/C20H25ClN2O3S/c1-23(2)16-8-9-17-18(12-16)20(26-3)11-10-19(17)22-27(24,25)13-14-4-6-15(21)7-5-14/h4-7,10-11,16,22H,8-9,12-13H2,1-3H3/t16-/m0/s1. The third-order valence-electron chi connectivity index (χ3n) is 5.04. The number of methoxy groups -OCH3 is 1. The average Bonchev–Trinajstić information content (AvgIpc) is 2.63. The predicted molar refractivity (Wildman–Crippen MR) is 110 cm³/mol. The van der Waals surface area contributed by atoms with Gasteiger partial charge in [0.05, 0.1) is 18.6 Å². The van der Waals surface area contributed by atoms with Crippen LogP contribution in [0.4, 0.5) is 5.69 Å². The molecule has 1 aliphatic carbocycles.